The molecule has 0 saturated carbocycles. The van der Waals surface area contributed by atoms with Gasteiger partial charge in [-0.05, 0) is 25.1 Å². The normalized spacial score (nSPS) is 12.9. The van der Waals surface area contributed by atoms with E-state index >= 15 is 0 Å². The molecule has 0 aliphatic rings. The Morgan fingerprint density at radius 2 is 1.87 bits per heavy atom. The summed E-state index contributed by atoms with van der Waals surface area (Å²) in [6.07, 6.45) is -10.8. The standard InChI is InChI=1S/C17H15F7N4O3/c1-2-28(8-12(29)17(22,23)24)15(30)27-13-6-26-14(7-25-13)31-11-4-3-9(18)5-10(11)16(19,20)21/h3-7,12,29H,2,8H2,1H3,(H,25,27,30)/t12-/m1/s1. The number of aliphatic hydroxyl groups excluding tert-OH is 1. The zero-order chi connectivity index (χ0) is 23.4. The van der Waals surface area contributed by atoms with Crippen LogP contribution in [0.3, 0.4) is 0 Å². The van der Waals surface area contributed by atoms with Crippen LogP contribution in [0, 0.1) is 5.82 Å². The zero-order valence-electron chi connectivity index (χ0n) is 15.6. The summed E-state index contributed by atoms with van der Waals surface area (Å²) >= 11 is 0. The molecular weight excluding hydrogens is 441 g/mol. The van der Waals surface area contributed by atoms with E-state index in [2.05, 4.69) is 15.3 Å². The average Bonchev–Trinajstić information content (AvgIpc) is 2.67. The van der Waals surface area contributed by atoms with Crippen molar-refractivity contribution in [1.29, 1.82) is 0 Å². The van der Waals surface area contributed by atoms with Gasteiger partial charge in [0.25, 0.3) is 0 Å². The van der Waals surface area contributed by atoms with E-state index in [1.807, 2.05) is 0 Å². The first kappa shape index (κ1) is 24.1. The number of aliphatic hydroxyl groups is 1. The van der Waals surface area contributed by atoms with E-state index in [1.54, 1.807) is 0 Å². The van der Waals surface area contributed by atoms with E-state index in [0.717, 1.165) is 24.5 Å². The van der Waals surface area contributed by atoms with Gasteiger partial charge in [0.2, 0.25) is 5.88 Å². The third-order valence-corrected chi connectivity index (χ3v) is 3.76. The number of benzene rings is 1. The number of ether oxygens (including phenoxy) is 1. The highest BCUT2D eigenvalue weighted by atomic mass is 19.4. The molecule has 2 amide bonds. The topological polar surface area (TPSA) is 87.6 Å². The number of likely N-dealkylation sites (N-methyl/N-ethyl adjacent to an activating group) is 1. The van der Waals surface area contributed by atoms with Crippen LogP contribution in [0.4, 0.5) is 41.3 Å². The molecule has 1 heterocycles. The largest absolute Gasteiger partial charge is 0.437 e. The van der Waals surface area contributed by atoms with Crippen molar-refractivity contribution in [3.63, 3.8) is 0 Å². The van der Waals surface area contributed by atoms with E-state index in [1.165, 1.54) is 6.92 Å². The molecule has 1 aromatic heterocycles. The summed E-state index contributed by atoms with van der Waals surface area (Å²) in [7, 11) is 0. The van der Waals surface area contributed by atoms with Gasteiger partial charge in [-0.15, -0.1) is 0 Å². The molecule has 0 aliphatic heterocycles. The highest BCUT2D eigenvalue weighted by Crippen LogP contribution is 2.38. The maximum Gasteiger partial charge on any atom is 0.420 e. The number of anilines is 1. The van der Waals surface area contributed by atoms with Crippen LogP contribution in [-0.4, -0.2) is 51.4 Å². The number of amides is 2. The van der Waals surface area contributed by atoms with Gasteiger partial charge in [0, 0.05) is 6.54 Å². The van der Waals surface area contributed by atoms with E-state index < -0.39 is 54.0 Å². The second-order valence-corrected chi connectivity index (χ2v) is 6.01. The Balaban J connectivity index is 2.08. The Morgan fingerprint density at radius 3 is 2.39 bits per heavy atom. The predicted octanol–water partition coefficient (Wildman–Crippen LogP) is 4.20. The summed E-state index contributed by atoms with van der Waals surface area (Å²) in [5.41, 5.74) is -1.38. The number of nitrogens with one attached hydrogen (secondary N) is 1. The fourth-order valence-corrected chi connectivity index (χ4v) is 2.22. The molecule has 1 aromatic carbocycles. The number of hydrogen-bond donors (Lipinski definition) is 2. The van der Waals surface area contributed by atoms with Crippen LogP contribution in [0.2, 0.25) is 0 Å². The van der Waals surface area contributed by atoms with Gasteiger partial charge in [-0.1, -0.05) is 0 Å². The molecule has 0 radical (unpaired) electrons. The number of urea groups is 1. The van der Waals surface area contributed by atoms with Gasteiger partial charge in [0.05, 0.1) is 18.9 Å². The van der Waals surface area contributed by atoms with Crippen LogP contribution >= 0.6 is 0 Å². The molecule has 170 valence electrons. The minimum atomic E-state index is -4.91. The number of carbonyl (C=O) groups excluding carboxylic acids is 1. The van der Waals surface area contributed by atoms with Crippen LogP contribution in [0.5, 0.6) is 11.6 Å². The van der Waals surface area contributed by atoms with Crippen molar-refractivity contribution < 1.29 is 45.4 Å². The Bertz CT molecular complexity index is 904. The van der Waals surface area contributed by atoms with Gasteiger partial charge < -0.3 is 14.7 Å². The van der Waals surface area contributed by atoms with Gasteiger partial charge >= 0.3 is 18.4 Å². The van der Waals surface area contributed by atoms with Crippen molar-refractivity contribution in [1.82, 2.24) is 14.9 Å². The first-order chi connectivity index (χ1) is 14.3. The Hall–Kier alpha value is -3.16. The second kappa shape index (κ2) is 9.32. The number of hydrogen-bond acceptors (Lipinski definition) is 5. The van der Waals surface area contributed by atoms with Crippen molar-refractivity contribution in [2.45, 2.75) is 25.4 Å². The molecule has 31 heavy (non-hydrogen) atoms. The maximum atomic E-state index is 13.1. The van der Waals surface area contributed by atoms with E-state index in [-0.39, 0.29) is 18.4 Å². The molecule has 2 aromatic rings. The zero-order valence-corrected chi connectivity index (χ0v) is 15.6. The summed E-state index contributed by atoms with van der Waals surface area (Å²) in [5, 5.41) is 11.2. The lowest BCUT2D eigenvalue weighted by atomic mass is 10.2. The van der Waals surface area contributed by atoms with E-state index in [9.17, 15) is 35.5 Å². The SMILES string of the molecule is CCN(C[C@@H](O)C(F)(F)F)C(=O)Nc1cnc(Oc2ccc(F)cc2C(F)(F)F)cn1. The number of carbonyl (C=O) groups is 1. The van der Waals surface area contributed by atoms with E-state index in [4.69, 9.17) is 9.84 Å². The number of halogens is 7. The van der Waals surface area contributed by atoms with Gasteiger partial charge in [-0.25, -0.2) is 19.2 Å². The molecule has 0 fully saturated rings. The van der Waals surface area contributed by atoms with Gasteiger partial charge in [0.15, 0.2) is 11.9 Å². The fourth-order valence-electron chi connectivity index (χ4n) is 2.22. The third kappa shape index (κ3) is 6.67. The van der Waals surface area contributed by atoms with Crippen LogP contribution in [-0.2, 0) is 6.18 Å². The summed E-state index contributed by atoms with van der Waals surface area (Å²) in [6, 6.07) is 0.722. The number of alkyl halides is 6. The lowest BCUT2D eigenvalue weighted by Gasteiger charge is -2.25. The van der Waals surface area contributed by atoms with Crippen LogP contribution in [0.15, 0.2) is 30.6 Å². The molecule has 0 spiro atoms. The minimum absolute atomic E-state index is 0.168. The lowest BCUT2D eigenvalue weighted by molar-refractivity contribution is -0.206. The highest BCUT2D eigenvalue weighted by Gasteiger charge is 2.40. The number of aromatic nitrogens is 2. The predicted molar refractivity (Wildman–Crippen MR) is 91.8 cm³/mol. The van der Waals surface area contributed by atoms with Crippen molar-refractivity contribution in [3.05, 3.63) is 42.0 Å². The number of nitrogens with zero attached hydrogens (tertiary/aromatic N) is 3. The molecular formula is C17H15F7N4O3. The monoisotopic (exact) mass is 456 g/mol. The van der Waals surface area contributed by atoms with Crippen LogP contribution in [0.25, 0.3) is 0 Å². The molecule has 14 heteroatoms. The quantitative estimate of drug-likeness (QED) is 0.637. The number of rotatable bonds is 6. The Labute approximate surface area is 170 Å². The fraction of sp³-hybridized carbons (Fsp3) is 0.353. The van der Waals surface area contributed by atoms with E-state index in [0.29, 0.717) is 4.90 Å². The lowest BCUT2D eigenvalue weighted by Crippen LogP contribution is -2.45. The Kier molecular flexibility index (Phi) is 7.25. The first-order valence-corrected chi connectivity index (χ1v) is 8.48. The van der Waals surface area contributed by atoms with Crippen molar-refractivity contribution >= 4 is 11.8 Å². The highest BCUT2D eigenvalue weighted by molar-refractivity contribution is 5.88. The molecule has 0 aliphatic carbocycles. The molecule has 1 atom stereocenters. The first-order valence-electron chi connectivity index (χ1n) is 8.48. The minimum Gasteiger partial charge on any atom is -0.437 e. The average molecular weight is 456 g/mol. The summed E-state index contributed by atoms with van der Waals surface area (Å²) in [6.45, 7) is 0.190. The molecule has 0 bridgehead atoms. The van der Waals surface area contributed by atoms with Crippen molar-refractivity contribution in [3.8, 4) is 11.6 Å². The maximum absolute atomic E-state index is 13.1. The second-order valence-electron chi connectivity index (χ2n) is 6.01. The summed E-state index contributed by atoms with van der Waals surface area (Å²) < 4.78 is 94.4. The molecule has 0 unspecified atom stereocenters. The molecule has 7 nitrogen and oxygen atoms in total. The molecule has 0 saturated heterocycles. The summed E-state index contributed by atoms with van der Waals surface area (Å²) in [4.78, 5) is 20.0. The summed E-state index contributed by atoms with van der Waals surface area (Å²) in [5.74, 6) is -2.53. The smallest absolute Gasteiger partial charge is 0.420 e. The van der Waals surface area contributed by atoms with Crippen LogP contribution < -0.4 is 10.1 Å². The van der Waals surface area contributed by atoms with Gasteiger partial charge in [-0.3, -0.25) is 5.32 Å². The third-order valence-electron chi connectivity index (χ3n) is 3.76. The van der Waals surface area contributed by atoms with Gasteiger partial charge in [0.1, 0.15) is 17.1 Å². The molecule has 2 N–H and O–H groups in total. The van der Waals surface area contributed by atoms with Crippen molar-refractivity contribution in [2.24, 2.45) is 0 Å². The molecule has 2 rings (SSSR count). The van der Waals surface area contributed by atoms with Crippen molar-refractivity contribution in [2.75, 3.05) is 18.4 Å². The van der Waals surface area contributed by atoms with Crippen LogP contribution in [0.1, 0.15) is 12.5 Å². The van der Waals surface area contributed by atoms with Gasteiger partial charge in [-0.2, -0.15) is 26.3 Å². The Morgan fingerprint density at radius 1 is 1.19 bits per heavy atom.